The summed E-state index contributed by atoms with van der Waals surface area (Å²) in [7, 11) is 1.34. The summed E-state index contributed by atoms with van der Waals surface area (Å²) in [5.41, 5.74) is 0.980. The monoisotopic (exact) mass is 424 g/mol. The number of carbonyl (C=O) groups excluding carboxylic acids is 1. The molecule has 2 aromatic rings. The minimum Gasteiger partial charge on any atom is -0.465 e. The van der Waals surface area contributed by atoms with Gasteiger partial charge in [0.2, 0.25) is 0 Å². The van der Waals surface area contributed by atoms with Crippen LogP contribution in [0.1, 0.15) is 29.6 Å². The molecule has 0 radical (unpaired) electrons. The Balaban J connectivity index is 1.86. The highest BCUT2D eigenvalue weighted by atomic mass is 35.5. The number of carbonyl (C=O) groups is 1. The topological polar surface area (TPSA) is 60.9 Å². The van der Waals surface area contributed by atoms with Gasteiger partial charge in [-0.1, -0.05) is 23.2 Å². The number of rotatable bonds is 7. The summed E-state index contributed by atoms with van der Waals surface area (Å²) in [6.45, 7) is 1.53. The number of hydrogen-bond donors (Lipinski definition) is 0. The lowest BCUT2D eigenvalue weighted by Crippen LogP contribution is -2.29. The molecule has 28 heavy (non-hydrogen) atoms. The second-order valence-corrected chi connectivity index (χ2v) is 7.10. The Morgan fingerprint density at radius 3 is 2.86 bits per heavy atom. The normalized spacial score (nSPS) is 16.6. The first-order valence-corrected chi connectivity index (χ1v) is 9.85. The molecule has 150 valence electrons. The highest BCUT2D eigenvalue weighted by Crippen LogP contribution is 2.35. The molecule has 1 fully saturated rings. The fraction of sp³-hybridized carbons (Fsp3) is 0.400. The van der Waals surface area contributed by atoms with Gasteiger partial charge in [0.05, 0.1) is 35.0 Å². The van der Waals surface area contributed by atoms with E-state index in [0.717, 1.165) is 19.3 Å². The minimum absolute atomic E-state index is 0.202. The molecule has 0 saturated carbocycles. The molecule has 0 aliphatic carbocycles. The van der Waals surface area contributed by atoms with Crippen LogP contribution >= 0.6 is 23.2 Å². The molecular weight excluding hydrogens is 403 g/mol. The molecule has 1 aliphatic rings. The molecule has 8 heteroatoms. The maximum atomic E-state index is 12.0. The van der Waals surface area contributed by atoms with E-state index in [1.54, 1.807) is 36.5 Å². The van der Waals surface area contributed by atoms with Crippen molar-refractivity contribution in [3.8, 4) is 0 Å². The molecule has 0 N–H and O–H groups in total. The second-order valence-electron chi connectivity index (χ2n) is 6.29. The fourth-order valence-corrected chi connectivity index (χ4v) is 3.44. The first-order valence-electron chi connectivity index (χ1n) is 9.09. The summed E-state index contributed by atoms with van der Waals surface area (Å²) >= 11 is 12.8. The second kappa shape index (κ2) is 10.1. The predicted octanol–water partition coefficient (Wildman–Crippen LogP) is 4.86. The summed E-state index contributed by atoms with van der Waals surface area (Å²) in [4.78, 5) is 18.2. The number of ether oxygens (including phenoxy) is 3. The van der Waals surface area contributed by atoms with E-state index in [0.29, 0.717) is 46.9 Å². The van der Waals surface area contributed by atoms with Crippen molar-refractivity contribution in [1.29, 1.82) is 0 Å². The predicted molar refractivity (Wildman–Crippen MR) is 109 cm³/mol. The van der Waals surface area contributed by atoms with Gasteiger partial charge in [0.25, 0.3) is 0 Å². The van der Waals surface area contributed by atoms with E-state index < -0.39 is 5.97 Å². The van der Waals surface area contributed by atoms with Crippen molar-refractivity contribution >= 4 is 40.7 Å². The molecule has 0 amide bonds. The third kappa shape index (κ3) is 5.14. The van der Waals surface area contributed by atoms with Crippen LogP contribution in [0, 0.1) is 0 Å². The van der Waals surface area contributed by atoms with Gasteiger partial charge in [0.15, 0.2) is 12.1 Å². The molecule has 0 bridgehead atoms. The first kappa shape index (κ1) is 20.9. The van der Waals surface area contributed by atoms with Gasteiger partial charge in [-0.2, -0.15) is 0 Å². The van der Waals surface area contributed by atoms with Crippen LogP contribution in [0.25, 0.3) is 0 Å². The number of methoxy groups -OCH3 is 1. The lowest BCUT2D eigenvalue weighted by Gasteiger charge is -2.28. The van der Waals surface area contributed by atoms with E-state index >= 15 is 0 Å². The minimum atomic E-state index is -0.447. The molecule has 2 heterocycles. The van der Waals surface area contributed by atoms with Crippen LogP contribution < -0.4 is 4.90 Å². The zero-order valence-electron chi connectivity index (χ0n) is 15.6. The average Bonchev–Trinajstić information content (AvgIpc) is 2.73. The average molecular weight is 425 g/mol. The van der Waals surface area contributed by atoms with E-state index in [1.807, 2.05) is 4.90 Å². The summed E-state index contributed by atoms with van der Waals surface area (Å²) in [5.74, 6) is 0.0816. The molecule has 1 aromatic carbocycles. The van der Waals surface area contributed by atoms with Gasteiger partial charge in [0, 0.05) is 19.3 Å². The van der Waals surface area contributed by atoms with Gasteiger partial charge in [-0.25, -0.2) is 9.78 Å². The highest BCUT2D eigenvalue weighted by molar-refractivity contribution is 6.34. The van der Waals surface area contributed by atoms with Gasteiger partial charge in [-0.15, -0.1) is 0 Å². The van der Waals surface area contributed by atoms with E-state index in [4.69, 9.17) is 37.4 Å². The number of benzene rings is 1. The largest absolute Gasteiger partial charge is 0.465 e. The third-order valence-electron chi connectivity index (χ3n) is 4.41. The van der Waals surface area contributed by atoms with Crippen molar-refractivity contribution < 1.29 is 19.0 Å². The van der Waals surface area contributed by atoms with E-state index in [9.17, 15) is 4.79 Å². The molecule has 1 saturated heterocycles. The smallest absolute Gasteiger partial charge is 0.337 e. The van der Waals surface area contributed by atoms with Crippen LogP contribution in [0.2, 0.25) is 10.0 Å². The zero-order chi connectivity index (χ0) is 19.9. The van der Waals surface area contributed by atoms with E-state index in [2.05, 4.69) is 4.98 Å². The summed E-state index contributed by atoms with van der Waals surface area (Å²) in [6.07, 6.45) is 4.48. The van der Waals surface area contributed by atoms with Crippen molar-refractivity contribution in [3.05, 3.63) is 52.1 Å². The maximum Gasteiger partial charge on any atom is 0.337 e. The van der Waals surface area contributed by atoms with Crippen molar-refractivity contribution in [2.45, 2.75) is 25.6 Å². The standard InChI is InChI=1S/C20H22Cl2N2O4/c1-26-20(25)14-7-8-15(21)17(13-14)24(19-16(22)5-4-9-23-19)10-12-28-18-6-2-3-11-27-18/h4-5,7-9,13,18H,2-3,6,10-12H2,1H3. The molecular formula is C20H22Cl2N2O4. The number of esters is 1. The quantitative estimate of drug-likeness (QED) is 0.591. The lowest BCUT2D eigenvalue weighted by molar-refractivity contribution is -0.160. The molecule has 1 aromatic heterocycles. The van der Waals surface area contributed by atoms with Crippen LogP contribution in [0.5, 0.6) is 0 Å². The van der Waals surface area contributed by atoms with Crippen LogP contribution in [0.4, 0.5) is 11.5 Å². The van der Waals surface area contributed by atoms with E-state index in [-0.39, 0.29) is 6.29 Å². The first-order chi connectivity index (χ1) is 13.6. The maximum absolute atomic E-state index is 12.0. The summed E-state index contributed by atoms with van der Waals surface area (Å²) in [6, 6.07) is 8.43. The number of hydrogen-bond acceptors (Lipinski definition) is 6. The van der Waals surface area contributed by atoms with Crippen molar-refractivity contribution in [1.82, 2.24) is 4.98 Å². The Labute approximate surface area is 174 Å². The summed E-state index contributed by atoms with van der Waals surface area (Å²) in [5, 5.41) is 0.930. The Morgan fingerprint density at radius 1 is 1.29 bits per heavy atom. The Hall–Kier alpha value is -1.86. The Kier molecular flexibility index (Phi) is 7.50. The SMILES string of the molecule is COC(=O)c1ccc(Cl)c(N(CCOC2CCCCO2)c2ncccc2Cl)c1. The number of halogens is 2. The highest BCUT2D eigenvalue weighted by Gasteiger charge is 2.20. The van der Waals surface area contributed by atoms with Crippen LogP contribution in [0.3, 0.4) is 0 Å². The Morgan fingerprint density at radius 2 is 2.14 bits per heavy atom. The third-order valence-corrected chi connectivity index (χ3v) is 5.02. The number of nitrogens with zero attached hydrogens (tertiary/aromatic N) is 2. The van der Waals surface area contributed by atoms with Crippen LogP contribution in [0.15, 0.2) is 36.5 Å². The van der Waals surface area contributed by atoms with Crippen LogP contribution in [-0.2, 0) is 14.2 Å². The number of anilines is 2. The molecule has 1 unspecified atom stereocenters. The molecule has 3 rings (SSSR count). The van der Waals surface area contributed by atoms with Crippen molar-refractivity contribution in [3.63, 3.8) is 0 Å². The van der Waals surface area contributed by atoms with Gasteiger partial charge < -0.3 is 19.1 Å². The molecule has 1 aliphatic heterocycles. The molecule has 6 nitrogen and oxygen atoms in total. The Bertz CT molecular complexity index is 813. The number of pyridine rings is 1. The van der Waals surface area contributed by atoms with Gasteiger partial charge in [-0.3, -0.25) is 0 Å². The van der Waals surface area contributed by atoms with Gasteiger partial charge in [0.1, 0.15) is 0 Å². The van der Waals surface area contributed by atoms with Gasteiger partial charge in [-0.05, 0) is 49.6 Å². The van der Waals surface area contributed by atoms with Crippen LogP contribution in [-0.4, -0.2) is 44.1 Å². The summed E-state index contributed by atoms with van der Waals surface area (Å²) < 4.78 is 16.3. The fourth-order valence-electron chi connectivity index (χ4n) is 3.00. The van der Waals surface area contributed by atoms with E-state index in [1.165, 1.54) is 7.11 Å². The van der Waals surface area contributed by atoms with Crippen molar-refractivity contribution in [2.24, 2.45) is 0 Å². The van der Waals surface area contributed by atoms with Gasteiger partial charge >= 0.3 is 5.97 Å². The van der Waals surface area contributed by atoms with Crippen molar-refractivity contribution in [2.75, 3.05) is 31.8 Å². The zero-order valence-corrected chi connectivity index (χ0v) is 17.1. The molecule has 1 atom stereocenters. The molecule has 0 spiro atoms. The lowest BCUT2D eigenvalue weighted by atomic mass is 10.2. The number of aromatic nitrogens is 1.